The fraction of sp³-hybridized carbons (Fsp3) is 0.417. The number of carbonyl (C=O) groups excluding carboxylic acids is 1. The molecule has 10 heteroatoms. The van der Waals surface area contributed by atoms with Gasteiger partial charge in [0.15, 0.2) is 17.0 Å². The van der Waals surface area contributed by atoms with Gasteiger partial charge < -0.3 is 18.9 Å². The molecule has 1 aliphatic rings. The van der Waals surface area contributed by atoms with Crippen molar-refractivity contribution in [1.82, 2.24) is 24.4 Å². The maximum Gasteiger partial charge on any atom is 0.330 e. The number of ether oxygens (including phenoxy) is 2. The number of rotatable bonds is 8. The highest BCUT2D eigenvalue weighted by Gasteiger charge is 2.22. The van der Waals surface area contributed by atoms with Crippen LogP contribution in [-0.4, -0.2) is 70.8 Å². The van der Waals surface area contributed by atoms with E-state index in [1.54, 1.807) is 6.08 Å². The number of carbonyl (C=O) groups is 1. The lowest BCUT2D eigenvalue weighted by Gasteiger charge is -2.27. The van der Waals surface area contributed by atoms with E-state index in [-0.39, 0.29) is 11.3 Å². The Balaban J connectivity index is 1.52. The van der Waals surface area contributed by atoms with Gasteiger partial charge in [-0.2, -0.15) is 9.97 Å². The Morgan fingerprint density at radius 1 is 1.18 bits per heavy atom. The third-order valence-corrected chi connectivity index (χ3v) is 5.88. The molecule has 1 saturated heterocycles. The van der Waals surface area contributed by atoms with Crippen molar-refractivity contribution in [2.24, 2.45) is 0 Å². The first kappa shape index (κ1) is 24.1. The second-order valence-electron chi connectivity index (χ2n) is 8.13. The Morgan fingerprint density at radius 2 is 1.91 bits per heavy atom. The smallest absolute Gasteiger partial charge is 0.330 e. The summed E-state index contributed by atoms with van der Waals surface area (Å²) in [5, 5.41) is 0.227. The van der Waals surface area contributed by atoms with Gasteiger partial charge in [0.2, 0.25) is 5.28 Å². The highest BCUT2D eigenvalue weighted by atomic mass is 35.5. The average molecular weight is 485 g/mol. The largest absolute Gasteiger partial charge is 0.466 e. The van der Waals surface area contributed by atoms with Crippen LogP contribution in [0.4, 0.5) is 5.82 Å². The van der Waals surface area contributed by atoms with Crippen molar-refractivity contribution < 1.29 is 14.3 Å². The van der Waals surface area contributed by atoms with Crippen molar-refractivity contribution in [3.8, 4) is 0 Å². The first-order valence-electron chi connectivity index (χ1n) is 11.3. The topological polar surface area (TPSA) is 85.6 Å². The number of anilines is 1. The number of aromatic nitrogens is 4. The van der Waals surface area contributed by atoms with Crippen LogP contribution in [0.15, 0.2) is 30.3 Å². The molecule has 0 bridgehead atoms. The van der Waals surface area contributed by atoms with Gasteiger partial charge in [0.05, 0.1) is 26.9 Å². The summed E-state index contributed by atoms with van der Waals surface area (Å²) in [6.45, 7) is 7.02. The third-order valence-electron chi connectivity index (χ3n) is 5.71. The minimum absolute atomic E-state index is 0.227. The Kier molecular flexibility index (Phi) is 7.77. The van der Waals surface area contributed by atoms with E-state index in [9.17, 15) is 4.79 Å². The summed E-state index contributed by atoms with van der Waals surface area (Å²) in [5.41, 5.74) is 3.64. The second kappa shape index (κ2) is 10.9. The van der Waals surface area contributed by atoms with Crippen LogP contribution in [0.5, 0.6) is 0 Å². The van der Waals surface area contributed by atoms with Crippen LogP contribution in [0.25, 0.3) is 17.2 Å². The van der Waals surface area contributed by atoms with E-state index in [1.165, 1.54) is 13.2 Å². The van der Waals surface area contributed by atoms with Crippen LogP contribution in [0.3, 0.4) is 0 Å². The van der Waals surface area contributed by atoms with Crippen LogP contribution < -0.4 is 4.90 Å². The van der Waals surface area contributed by atoms with Crippen LogP contribution in [-0.2, 0) is 33.9 Å². The molecule has 180 valence electrons. The quantitative estimate of drug-likeness (QED) is 0.274. The molecule has 3 heterocycles. The van der Waals surface area contributed by atoms with Crippen molar-refractivity contribution in [2.45, 2.75) is 26.6 Å². The zero-order valence-corrected chi connectivity index (χ0v) is 20.5. The Labute approximate surface area is 204 Å². The monoisotopic (exact) mass is 484 g/mol. The molecule has 4 rings (SSSR count). The number of benzene rings is 1. The molecule has 0 radical (unpaired) electrons. The van der Waals surface area contributed by atoms with E-state index in [0.29, 0.717) is 19.8 Å². The molecule has 1 aromatic carbocycles. The van der Waals surface area contributed by atoms with Crippen LogP contribution >= 0.6 is 11.6 Å². The van der Waals surface area contributed by atoms with Crippen molar-refractivity contribution in [3.05, 3.63) is 52.6 Å². The predicted molar refractivity (Wildman–Crippen MR) is 132 cm³/mol. The third kappa shape index (κ3) is 5.55. The van der Waals surface area contributed by atoms with Gasteiger partial charge in [-0.1, -0.05) is 24.3 Å². The lowest BCUT2D eigenvalue weighted by molar-refractivity contribution is -0.134. The summed E-state index contributed by atoms with van der Waals surface area (Å²) in [6, 6.07) is 8.07. The van der Waals surface area contributed by atoms with E-state index in [2.05, 4.69) is 55.2 Å². The van der Waals surface area contributed by atoms with Crippen molar-refractivity contribution >= 4 is 40.6 Å². The Bertz CT molecular complexity index is 1170. The molecular formula is C24H29ClN6O3. The minimum atomic E-state index is -0.370. The SMILES string of the molecule is CCn1c(CN(C)Cc2ccc(/C=C/C(=O)OC)cc2)nc2c(N3CCOCC3)nc(Cl)nc21. The molecular weight excluding hydrogens is 456 g/mol. The zero-order valence-electron chi connectivity index (χ0n) is 19.7. The number of methoxy groups -OCH3 is 1. The molecule has 0 aliphatic carbocycles. The number of hydrogen-bond acceptors (Lipinski definition) is 8. The van der Waals surface area contributed by atoms with Gasteiger partial charge in [0.25, 0.3) is 0 Å². The van der Waals surface area contributed by atoms with Gasteiger partial charge in [-0.25, -0.2) is 9.78 Å². The summed E-state index contributed by atoms with van der Waals surface area (Å²) < 4.78 is 12.2. The molecule has 2 aromatic heterocycles. The fourth-order valence-corrected chi connectivity index (χ4v) is 4.19. The summed E-state index contributed by atoms with van der Waals surface area (Å²) >= 11 is 6.29. The second-order valence-corrected chi connectivity index (χ2v) is 8.47. The molecule has 3 aromatic rings. The van der Waals surface area contributed by atoms with E-state index in [1.807, 2.05) is 12.1 Å². The first-order valence-corrected chi connectivity index (χ1v) is 11.6. The summed E-state index contributed by atoms with van der Waals surface area (Å²) in [6.07, 6.45) is 3.15. The normalized spacial score (nSPS) is 14.4. The van der Waals surface area contributed by atoms with Gasteiger partial charge in [0.1, 0.15) is 5.82 Å². The van der Waals surface area contributed by atoms with E-state index in [4.69, 9.17) is 21.3 Å². The predicted octanol–water partition coefficient (Wildman–Crippen LogP) is 3.15. The summed E-state index contributed by atoms with van der Waals surface area (Å²) in [7, 11) is 3.43. The molecule has 0 saturated carbocycles. The molecule has 34 heavy (non-hydrogen) atoms. The molecule has 0 amide bonds. The van der Waals surface area contributed by atoms with Gasteiger partial charge in [-0.05, 0) is 42.8 Å². The Hall–Kier alpha value is -3.01. The van der Waals surface area contributed by atoms with Gasteiger partial charge in [-0.3, -0.25) is 4.90 Å². The van der Waals surface area contributed by atoms with Crippen LogP contribution in [0.1, 0.15) is 23.9 Å². The fourth-order valence-electron chi connectivity index (χ4n) is 4.03. The summed E-state index contributed by atoms with van der Waals surface area (Å²) in [4.78, 5) is 29.6. The van der Waals surface area contributed by atoms with E-state index in [0.717, 1.165) is 60.1 Å². The van der Waals surface area contributed by atoms with Crippen molar-refractivity contribution in [1.29, 1.82) is 0 Å². The highest BCUT2D eigenvalue weighted by molar-refractivity contribution is 6.28. The van der Waals surface area contributed by atoms with Gasteiger partial charge in [-0.15, -0.1) is 0 Å². The lowest BCUT2D eigenvalue weighted by atomic mass is 10.1. The number of hydrogen-bond donors (Lipinski definition) is 0. The molecule has 0 N–H and O–H groups in total. The molecule has 0 atom stereocenters. The van der Waals surface area contributed by atoms with Crippen LogP contribution in [0.2, 0.25) is 5.28 Å². The van der Waals surface area contributed by atoms with Gasteiger partial charge >= 0.3 is 5.97 Å². The van der Waals surface area contributed by atoms with Crippen molar-refractivity contribution in [3.63, 3.8) is 0 Å². The zero-order chi connectivity index (χ0) is 24.1. The molecule has 1 aliphatic heterocycles. The number of nitrogens with zero attached hydrogens (tertiary/aromatic N) is 6. The standard InChI is InChI=1S/C24H29ClN6O3/c1-4-31-19(16-29(2)15-18-7-5-17(6-8-18)9-10-20(32)33-3)26-21-22(27-24(25)28-23(21)31)30-11-13-34-14-12-30/h5-10H,4,11-16H2,1-3H3/b10-9+. The minimum Gasteiger partial charge on any atom is -0.466 e. The van der Waals surface area contributed by atoms with E-state index < -0.39 is 0 Å². The van der Waals surface area contributed by atoms with E-state index >= 15 is 0 Å². The van der Waals surface area contributed by atoms with Gasteiger partial charge in [0, 0.05) is 32.3 Å². The molecule has 0 unspecified atom stereocenters. The maximum absolute atomic E-state index is 11.3. The first-order chi connectivity index (χ1) is 16.5. The highest BCUT2D eigenvalue weighted by Crippen LogP contribution is 2.27. The number of fused-ring (bicyclic) bond motifs is 1. The molecule has 9 nitrogen and oxygen atoms in total. The number of aryl methyl sites for hydroxylation is 1. The lowest BCUT2D eigenvalue weighted by Crippen LogP contribution is -2.37. The van der Waals surface area contributed by atoms with Crippen molar-refractivity contribution in [2.75, 3.05) is 45.4 Å². The number of imidazole rings is 1. The molecule has 0 spiro atoms. The molecule has 1 fully saturated rings. The Morgan fingerprint density at radius 3 is 2.59 bits per heavy atom. The maximum atomic E-state index is 11.3. The van der Waals surface area contributed by atoms with Crippen LogP contribution in [0, 0.1) is 0 Å². The number of halogens is 1. The average Bonchev–Trinajstić information content (AvgIpc) is 3.19. The number of morpholine rings is 1. The number of esters is 1. The summed E-state index contributed by atoms with van der Waals surface area (Å²) in [5.74, 6) is 1.32.